The van der Waals surface area contributed by atoms with Crippen molar-refractivity contribution in [2.24, 2.45) is 5.41 Å². The Bertz CT molecular complexity index is 426. The van der Waals surface area contributed by atoms with Crippen LogP contribution in [0.3, 0.4) is 0 Å². The molecule has 0 radical (unpaired) electrons. The maximum absolute atomic E-state index is 10.7. The van der Waals surface area contributed by atoms with Crippen LogP contribution >= 0.6 is 0 Å². The van der Waals surface area contributed by atoms with E-state index in [4.69, 9.17) is 9.63 Å². The van der Waals surface area contributed by atoms with Crippen molar-refractivity contribution in [3.63, 3.8) is 0 Å². The van der Waals surface area contributed by atoms with Gasteiger partial charge >= 0.3 is 5.97 Å². The number of carboxylic acids is 1. The molecule has 5 heteroatoms. The van der Waals surface area contributed by atoms with Crippen LogP contribution in [-0.2, 0) is 6.54 Å². The van der Waals surface area contributed by atoms with Gasteiger partial charge in [-0.2, -0.15) is 0 Å². The van der Waals surface area contributed by atoms with E-state index in [1.807, 2.05) is 0 Å². The lowest BCUT2D eigenvalue weighted by atomic mass is 9.85. The SMILES string of the molecule is CC1(C)CCCN(Cc2cc(C(=O)O)no2)CC1. The van der Waals surface area contributed by atoms with E-state index in [2.05, 4.69) is 23.9 Å². The van der Waals surface area contributed by atoms with E-state index in [9.17, 15) is 4.79 Å². The highest BCUT2D eigenvalue weighted by molar-refractivity contribution is 5.85. The molecule has 0 unspecified atom stereocenters. The first-order valence-corrected chi connectivity index (χ1v) is 6.37. The molecule has 1 saturated heterocycles. The fraction of sp³-hybridized carbons (Fsp3) is 0.692. The first-order valence-electron chi connectivity index (χ1n) is 6.37. The van der Waals surface area contributed by atoms with Crippen LogP contribution in [0.25, 0.3) is 0 Å². The smallest absolute Gasteiger partial charge is 0.358 e. The number of nitrogens with zero attached hydrogens (tertiary/aromatic N) is 2. The quantitative estimate of drug-likeness (QED) is 0.894. The van der Waals surface area contributed by atoms with Gasteiger partial charge in [0.2, 0.25) is 0 Å². The van der Waals surface area contributed by atoms with Gasteiger partial charge in [-0.05, 0) is 37.8 Å². The predicted octanol–water partition coefficient (Wildman–Crippen LogP) is 2.38. The van der Waals surface area contributed by atoms with E-state index in [1.54, 1.807) is 0 Å². The van der Waals surface area contributed by atoms with Crippen LogP contribution in [0.1, 0.15) is 49.4 Å². The molecular weight excluding hydrogens is 232 g/mol. The zero-order valence-electron chi connectivity index (χ0n) is 11.0. The second kappa shape index (κ2) is 5.10. The Kier molecular flexibility index (Phi) is 3.71. The summed E-state index contributed by atoms with van der Waals surface area (Å²) in [7, 11) is 0. The Morgan fingerprint density at radius 1 is 1.50 bits per heavy atom. The molecule has 1 aromatic rings. The first-order chi connectivity index (χ1) is 8.46. The van der Waals surface area contributed by atoms with Crippen molar-refractivity contribution in [1.82, 2.24) is 10.1 Å². The number of aromatic nitrogens is 1. The zero-order valence-corrected chi connectivity index (χ0v) is 11.0. The van der Waals surface area contributed by atoms with Gasteiger partial charge in [-0.1, -0.05) is 19.0 Å². The Morgan fingerprint density at radius 3 is 2.94 bits per heavy atom. The molecule has 1 aliphatic rings. The highest BCUT2D eigenvalue weighted by atomic mass is 16.5. The van der Waals surface area contributed by atoms with Crippen molar-refractivity contribution in [2.45, 2.75) is 39.7 Å². The first kappa shape index (κ1) is 13.1. The zero-order chi connectivity index (χ0) is 13.2. The minimum Gasteiger partial charge on any atom is -0.476 e. The third-order valence-electron chi connectivity index (χ3n) is 3.59. The molecule has 0 saturated carbocycles. The molecule has 0 bridgehead atoms. The summed E-state index contributed by atoms with van der Waals surface area (Å²) in [6.45, 7) is 7.31. The van der Waals surface area contributed by atoms with Crippen molar-refractivity contribution in [3.05, 3.63) is 17.5 Å². The summed E-state index contributed by atoms with van der Waals surface area (Å²) in [5.74, 6) is -0.408. The summed E-state index contributed by atoms with van der Waals surface area (Å²) in [6, 6.07) is 1.51. The number of hydrogen-bond donors (Lipinski definition) is 1. The van der Waals surface area contributed by atoms with Gasteiger partial charge in [0, 0.05) is 6.07 Å². The second-order valence-corrected chi connectivity index (χ2v) is 5.78. The van der Waals surface area contributed by atoms with Crippen molar-refractivity contribution < 1.29 is 14.4 Å². The summed E-state index contributed by atoms with van der Waals surface area (Å²) in [4.78, 5) is 13.0. The van der Waals surface area contributed by atoms with E-state index >= 15 is 0 Å². The molecule has 1 aliphatic heterocycles. The van der Waals surface area contributed by atoms with E-state index in [0.29, 0.717) is 17.7 Å². The number of carboxylic acid groups (broad SMARTS) is 1. The van der Waals surface area contributed by atoms with Crippen molar-refractivity contribution in [3.8, 4) is 0 Å². The maximum atomic E-state index is 10.7. The second-order valence-electron chi connectivity index (χ2n) is 5.78. The molecule has 1 aromatic heterocycles. The fourth-order valence-corrected chi connectivity index (χ4v) is 2.35. The van der Waals surface area contributed by atoms with Crippen molar-refractivity contribution in [2.75, 3.05) is 13.1 Å². The van der Waals surface area contributed by atoms with Crippen LogP contribution in [0.2, 0.25) is 0 Å². The van der Waals surface area contributed by atoms with Gasteiger partial charge in [0.25, 0.3) is 0 Å². The number of likely N-dealkylation sites (tertiary alicyclic amines) is 1. The molecule has 0 amide bonds. The average Bonchev–Trinajstić information content (AvgIpc) is 2.67. The third kappa shape index (κ3) is 3.32. The van der Waals surface area contributed by atoms with E-state index in [1.165, 1.54) is 18.9 Å². The standard InChI is InChI=1S/C13H20N2O3/c1-13(2)4-3-6-15(7-5-13)9-10-8-11(12(16)17)14-18-10/h8H,3-7,9H2,1-2H3,(H,16,17). The van der Waals surface area contributed by atoms with Crippen LogP contribution in [0, 0.1) is 5.41 Å². The number of rotatable bonds is 3. The van der Waals surface area contributed by atoms with Gasteiger partial charge in [-0.25, -0.2) is 4.79 Å². The summed E-state index contributed by atoms with van der Waals surface area (Å²) < 4.78 is 5.05. The van der Waals surface area contributed by atoms with Crippen LogP contribution in [0.5, 0.6) is 0 Å². The average molecular weight is 252 g/mol. The highest BCUT2D eigenvalue weighted by Gasteiger charge is 2.23. The monoisotopic (exact) mass is 252 g/mol. The molecule has 2 rings (SSSR count). The molecule has 1 fully saturated rings. The molecule has 18 heavy (non-hydrogen) atoms. The summed E-state index contributed by atoms with van der Waals surface area (Å²) in [6.07, 6.45) is 3.57. The molecule has 0 aromatic carbocycles. The summed E-state index contributed by atoms with van der Waals surface area (Å²) in [5, 5.41) is 12.3. The summed E-state index contributed by atoms with van der Waals surface area (Å²) >= 11 is 0. The van der Waals surface area contributed by atoms with Crippen molar-refractivity contribution in [1.29, 1.82) is 0 Å². The molecule has 0 spiro atoms. The van der Waals surface area contributed by atoms with Gasteiger partial charge in [-0.3, -0.25) is 4.90 Å². The van der Waals surface area contributed by atoms with Crippen LogP contribution in [0.4, 0.5) is 0 Å². The Balaban J connectivity index is 1.94. The number of carbonyl (C=O) groups is 1. The van der Waals surface area contributed by atoms with E-state index in [0.717, 1.165) is 19.5 Å². The highest BCUT2D eigenvalue weighted by Crippen LogP contribution is 2.30. The number of aromatic carboxylic acids is 1. The van der Waals surface area contributed by atoms with Gasteiger partial charge in [0.15, 0.2) is 11.5 Å². The lowest BCUT2D eigenvalue weighted by Gasteiger charge is -2.22. The molecule has 100 valence electrons. The molecular formula is C13H20N2O3. The van der Waals surface area contributed by atoms with Crippen LogP contribution in [-0.4, -0.2) is 34.2 Å². The molecule has 2 heterocycles. The lowest BCUT2D eigenvalue weighted by molar-refractivity contribution is 0.0685. The normalized spacial score (nSPS) is 20.6. The molecule has 0 aliphatic carbocycles. The topological polar surface area (TPSA) is 66.6 Å². The molecule has 5 nitrogen and oxygen atoms in total. The minimum absolute atomic E-state index is 0.0137. The summed E-state index contributed by atoms with van der Waals surface area (Å²) in [5.41, 5.74) is 0.391. The maximum Gasteiger partial charge on any atom is 0.358 e. The lowest BCUT2D eigenvalue weighted by Crippen LogP contribution is -2.24. The van der Waals surface area contributed by atoms with Crippen LogP contribution in [0.15, 0.2) is 10.6 Å². The van der Waals surface area contributed by atoms with Gasteiger partial charge in [0.05, 0.1) is 6.54 Å². The molecule has 0 atom stereocenters. The minimum atomic E-state index is -1.04. The van der Waals surface area contributed by atoms with Crippen molar-refractivity contribution >= 4 is 5.97 Å². The fourth-order valence-electron chi connectivity index (χ4n) is 2.35. The Labute approximate surface area is 107 Å². The Morgan fingerprint density at radius 2 is 2.28 bits per heavy atom. The van der Waals surface area contributed by atoms with Crippen LogP contribution < -0.4 is 0 Å². The Hall–Kier alpha value is -1.36. The largest absolute Gasteiger partial charge is 0.476 e. The third-order valence-corrected chi connectivity index (χ3v) is 3.59. The van der Waals surface area contributed by atoms with E-state index < -0.39 is 5.97 Å². The number of hydrogen-bond acceptors (Lipinski definition) is 4. The molecule has 1 N–H and O–H groups in total. The van der Waals surface area contributed by atoms with Gasteiger partial charge < -0.3 is 9.63 Å². The van der Waals surface area contributed by atoms with Gasteiger partial charge in [0.1, 0.15) is 0 Å². The predicted molar refractivity (Wildman–Crippen MR) is 66.4 cm³/mol. The van der Waals surface area contributed by atoms with E-state index in [-0.39, 0.29) is 5.69 Å². The van der Waals surface area contributed by atoms with Gasteiger partial charge in [-0.15, -0.1) is 0 Å².